The summed E-state index contributed by atoms with van der Waals surface area (Å²) >= 11 is 0. The van der Waals surface area contributed by atoms with Gasteiger partial charge in [0.15, 0.2) is 5.96 Å². The van der Waals surface area contributed by atoms with Gasteiger partial charge in [0.2, 0.25) is 0 Å². The number of guanidine groups is 1. The number of H-pyrrole nitrogens is 1. The molecule has 5 heteroatoms. The lowest BCUT2D eigenvalue weighted by Crippen LogP contribution is -2.50. The molecule has 18 heavy (non-hydrogen) atoms. The number of rotatable bonds is 4. The summed E-state index contributed by atoms with van der Waals surface area (Å²) in [4.78, 5) is 9.44. The SMILES string of the molecule is CN=C(NCC1(O)CCC1)N(C)Cc1ccc[nH]1. The highest BCUT2D eigenvalue weighted by atomic mass is 16.3. The molecule has 1 fully saturated rings. The Morgan fingerprint density at radius 1 is 1.61 bits per heavy atom. The summed E-state index contributed by atoms with van der Waals surface area (Å²) < 4.78 is 0. The van der Waals surface area contributed by atoms with E-state index in [9.17, 15) is 5.11 Å². The van der Waals surface area contributed by atoms with Gasteiger partial charge in [-0.2, -0.15) is 0 Å². The molecule has 2 rings (SSSR count). The third-order valence-corrected chi connectivity index (χ3v) is 3.50. The zero-order chi connectivity index (χ0) is 13.0. The molecule has 1 aromatic heterocycles. The summed E-state index contributed by atoms with van der Waals surface area (Å²) in [5.41, 5.74) is 0.617. The van der Waals surface area contributed by atoms with E-state index >= 15 is 0 Å². The standard InChI is InChI=1S/C13H22N4O/c1-14-12(16-10-13(18)6-4-7-13)17(2)9-11-5-3-8-15-11/h3,5,8,15,18H,4,6-7,9-10H2,1-2H3,(H,14,16). The zero-order valence-electron chi connectivity index (χ0n) is 11.1. The van der Waals surface area contributed by atoms with Gasteiger partial charge in [0.05, 0.1) is 12.1 Å². The van der Waals surface area contributed by atoms with E-state index in [4.69, 9.17) is 0 Å². The molecule has 1 saturated carbocycles. The second kappa shape index (κ2) is 5.44. The van der Waals surface area contributed by atoms with Gasteiger partial charge in [0.1, 0.15) is 0 Å². The summed E-state index contributed by atoms with van der Waals surface area (Å²) in [5.74, 6) is 0.810. The molecule has 0 saturated heterocycles. The fraction of sp³-hybridized carbons (Fsp3) is 0.615. The van der Waals surface area contributed by atoms with Crippen molar-refractivity contribution < 1.29 is 5.11 Å². The lowest BCUT2D eigenvalue weighted by Gasteiger charge is -2.37. The minimum atomic E-state index is -0.525. The highest BCUT2D eigenvalue weighted by molar-refractivity contribution is 5.79. The van der Waals surface area contributed by atoms with Gasteiger partial charge >= 0.3 is 0 Å². The lowest BCUT2D eigenvalue weighted by molar-refractivity contribution is -0.0282. The second-order valence-electron chi connectivity index (χ2n) is 5.03. The molecule has 0 aromatic carbocycles. The summed E-state index contributed by atoms with van der Waals surface area (Å²) in [6, 6.07) is 4.03. The smallest absolute Gasteiger partial charge is 0.193 e. The maximum absolute atomic E-state index is 10.1. The molecule has 0 atom stereocenters. The highest BCUT2D eigenvalue weighted by Crippen LogP contribution is 2.30. The van der Waals surface area contributed by atoms with Crippen LogP contribution < -0.4 is 5.32 Å². The normalized spacial score (nSPS) is 18.3. The average Bonchev–Trinajstić information content (AvgIpc) is 2.80. The fourth-order valence-electron chi connectivity index (χ4n) is 2.19. The van der Waals surface area contributed by atoms with Crippen LogP contribution in [0.15, 0.2) is 23.3 Å². The van der Waals surface area contributed by atoms with Gasteiger partial charge in [0.25, 0.3) is 0 Å². The predicted molar refractivity (Wildman–Crippen MR) is 72.4 cm³/mol. The predicted octanol–water partition coefficient (Wildman–Crippen LogP) is 0.937. The molecule has 1 aliphatic carbocycles. The molecule has 100 valence electrons. The number of aromatic amines is 1. The van der Waals surface area contributed by atoms with E-state index in [0.717, 1.165) is 37.5 Å². The van der Waals surface area contributed by atoms with Crippen molar-refractivity contribution in [1.82, 2.24) is 15.2 Å². The summed E-state index contributed by atoms with van der Waals surface area (Å²) in [6.07, 6.45) is 4.81. The Balaban J connectivity index is 1.84. The van der Waals surface area contributed by atoms with Gasteiger partial charge < -0.3 is 20.3 Å². The number of aliphatic hydroxyl groups is 1. The second-order valence-corrected chi connectivity index (χ2v) is 5.03. The van der Waals surface area contributed by atoms with Gasteiger partial charge in [-0.15, -0.1) is 0 Å². The third kappa shape index (κ3) is 3.04. The summed E-state index contributed by atoms with van der Waals surface area (Å²) in [6.45, 7) is 1.35. The first-order chi connectivity index (χ1) is 8.63. The Kier molecular flexibility index (Phi) is 3.91. The van der Waals surface area contributed by atoms with E-state index in [0.29, 0.717) is 6.54 Å². The Morgan fingerprint density at radius 2 is 2.39 bits per heavy atom. The van der Waals surface area contributed by atoms with E-state index in [2.05, 4.69) is 15.3 Å². The van der Waals surface area contributed by atoms with Crippen molar-refractivity contribution >= 4 is 5.96 Å². The summed E-state index contributed by atoms with van der Waals surface area (Å²) in [5, 5.41) is 13.3. The van der Waals surface area contributed by atoms with Crippen molar-refractivity contribution in [3.8, 4) is 0 Å². The van der Waals surface area contributed by atoms with Crippen LogP contribution in [0, 0.1) is 0 Å². The third-order valence-electron chi connectivity index (χ3n) is 3.50. The van der Waals surface area contributed by atoms with Crippen molar-refractivity contribution in [1.29, 1.82) is 0 Å². The van der Waals surface area contributed by atoms with Crippen LogP contribution in [0.3, 0.4) is 0 Å². The van der Waals surface area contributed by atoms with E-state index in [1.54, 1.807) is 7.05 Å². The Labute approximate surface area is 108 Å². The molecule has 1 aliphatic rings. The molecule has 1 aromatic rings. The first-order valence-electron chi connectivity index (χ1n) is 6.39. The molecular formula is C13H22N4O. The van der Waals surface area contributed by atoms with Crippen molar-refractivity contribution in [2.24, 2.45) is 4.99 Å². The molecule has 3 N–H and O–H groups in total. The van der Waals surface area contributed by atoms with Crippen molar-refractivity contribution in [3.05, 3.63) is 24.0 Å². The maximum Gasteiger partial charge on any atom is 0.193 e. The van der Waals surface area contributed by atoms with Crippen LogP contribution in [0.25, 0.3) is 0 Å². The molecule has 0 aliphatic heterocycles. The van der Waals surface area contributed by atoms with Crippen LogP contribution in [0.4, 0.5) is 0 Å². The molecule has 0 bridgehead atoms. The topological polar surface area (TPSA) is 63.7 Å². The van der Waals surface area contributed by atoms with E-state index in [1.165, 1.54) is 0 Å². The number of nitrogens with one attached hydrogen (secondary N) is 2. The molecule has 0 amide bonds. The number of hydrogen-bond acceptors (Lipinski definition) is 2. The van der Waals surface area contributed by atoms with E-state index < -0.39 is 5.60 Å². The van der Waals surface area contributed by atoms with Crippen molar-refractivity contribution in [2.75, 3.05) is 20.6 Å². The van der Waals surface area contributed by atoms with E-state index in [-0.39, 0.29) is 0 Å². The van der Waals surface area contributed by atoms with Gasteiger partial charge in [0, 0.05) is 32.5 Å². The molecule has 0 radical (unpaired) electrons. The lowest BCUT2D eigenvalue weighted by atomic mass is 9.80. The van der Waals surface area contributed by atoms with Gasteiger partial charge in [-0.1, -0.05) is 0 Å². The first-order valence-corrected chi connectivity index (χ1v) is 6.39. The first kappa shape index (κ1) is 13.0. The fourth-order valence-corrected chi connectivity index (χ4v) is 2.19. The minimum Gasteiger partial charge on any atom is -0.388 e. The quantitative estimate of drug-likeness (QED) is 0.550. The highest BCUT2D eigenvalue weighted by Gasteiger charge is 2.34. The van der Waals surface area contributed by atoms with Crippen LogP contribution in [-0.4, -0.2) is 47.2 Å². The van der Waals surface area contributed by atoms with Gasteiger partial charge in [-0.05, 0) is 31.4 Å². The van der Waals surface area contributed by atoms with E-state index in [1.807, 2.05) is 30.3 Å². The molecule has 1 heterocycles. The minimum absolute atomic E-state index is 0.525. The van der Waals surface area contributed by atoms with Crippen LogP contribution in [0.1, 0.15) is 25.0 Å². The molecular weight excluding hydrogens is 228 g/mol. The van der Waals surface area contributed by atoms with Crippen molar-refractivity contribution in [2.45, 2.75) is 31.4 Å². The Hall–Kier alpha value is -1.49. The number of aliphatic imine (C=N–C) groups is 1. The number of nitrogens with zero attached hydrogens (tertiary/aromatic N) is 2. The van der Waals surface area contributed by atoms with Gasteiger partial charge in [-0.25, -0.2) is 0 Å². The molecule has 0 spiro atoms. The van der Waals surface area contributed by atoms with Crippen molar-refractivity contribution in [3.63, 3.8) is 0 Å². The number of hydrogen-bond donors (Lipinski definition) is 3. The molecule has 0 unspecified atom stereocenters. The average molecular weight is 250 g/mol. The Morgan fingerprint density at radius 3 is 2.89 bits per heavy atom. The monoisotopic (exact) mass is 250 g/mol. The van der Waals surface area contributed by atoms with Gasteiger partial charge in [-0.3, -0.25) is 4.99 Å². The Bertz CT molecular complexity index is 395. The largest absolute Gasteiger partial charge is 0.388 e. The zero-order valence-corrected chi connectivity index (χ0v) is 11.1. The van der Waals surface area contributed by atoms with Crippen LogP contribution in [-0.2, 0) is 6.54 Å². The molecule has 5 nitrogen and oxygen atoms in total. The van der Waals surface area contributed by atoms with Crippen LogP contribution in [0.2, 0.25) is 0 Å². The maximum atomic E-state index is 10.1. The summed E-state index contributed by atoms with van der Waals surface area (Å²) in [7, 11) is 3.75. The number of aromatic nitrogens is 1. The van der Waals surface area contributed by atoms with Crippen LogP contribution in [0.5, 0.6) is 0 Å². The van der Waals surface area contributed by atoms with Crippen LogP contribution >= 0.6 is 0 Å².